The second-order valence-electron chi connectivity index (χ2n) is 9.93. The molecule has 0 aromatic heterocycles. The zero-order valence-corrected chi connectivity index (χ0v) is 19.5. The molecule has 0 spiro atoms. The van der Waals surface area contributed by atoms with Crippen LogP contribution in [0.4, 0.5) is 0 Å². The van der Waals surface area contributed by atoms with Gasteiger partial charge in [-0.05, 0) is 66.5 Å². The van der Waals surface area contributed by atoms with Crippen LogP contribution in [0.25, 0.3) is 0 Å². The average molecular weight is 431 g/mol. The molecule has 6 heteroatoms. The highest BCUT2D eigenvalue weighted by Crippen LogP contribution is 2.55. The monoisotopic (exact) mass is 430 g/mol. The summed E-state index contributed by atoms with van der Waals surface area (Å²) in [7, 11) is 1.63. The Balaban J connectivity index is 1.65. The summed E-state index contributed by atoms with van der Waals surface area (Å²) in [5.41, 5.74) is 1.07. The molecule has 0 saturated heterocycles. The van der Waals surface area contributed by atoms with E-state index in [0.717, 1.165) is 37.0 Å². The van der Waals surface area contributed by atoms with Gasteiger partial charge in [-0.3, -0.25) is 9.59 Å². The molecule has 1 aromatic carbocycles. The molecule has 7 atom stereocenters. The number of hydrogen-bond acceptors (Lipinski definition) is 4. The summed E-state index contributed by atoms with van der Waals surface area (Å²) in [6.45, 7) is 8.35. The van der Waals surface area contributed by atoms with Crippen molar-refractivity contribution in [2.75, 3.05) is 7.11 Å². The third kappa shape index (κ3) is 5.05. The molecule has 2 amide bonds. The number of rotatable bonds is 6. The Kier molecular flexibility index (Phi) is 7.30. The van der Waals surface area contributed by atoms with E-state index in [9.17, 15) is 14.7 Å². The normalized spacial score (nSPS) is 33.7. The van der Waals surface area contributed by atoms with Crippen molar-refractivity contribution in [3.63, 3.8) is 0 Å². The number of aliphatic hydroxyl groups is 1. The van der Waals surface area contributed by atoms with Gasteiger partial charge in [0.25, 0.3) is 0 Å². The van der Waals surface area contributed by atoms with Crippen LogP contribution in [0.15, 0.2) is 24.3 Å². The van der Waals surface area contributed by atoms with Gasteiger partial charge in [0.05, 0.1) is 13.2 Å². The summed E-state index contributed by atoms with van der Waals surface area (Å²) in [4.78, 5) is 24.5. The van der Waals surface area contributed by atoms with Crippen molar-refractivity contribution in [3.8, 4) is 5.75 Å². The lowest BCUT2D eigenvalue weighted by Gasteiger charge is -2.56. The molecule has 6 nitrogen and oxygen atoms in total. The molecule has 0 heterocycles. The number of ether oxygens (including phenoxy) is 1. The van der Waals surface area contributed by atoms with Crippen molar-refractivity contribution < 1.29 is 19.4 Å². The molecule has 0 aliphatic heterocycles. The fourth-order valence-electron chi connectivity index (χ4n) is 6.05. The zero-order chi connectivity index (χ0) is 22.8. The molecule has 0 radical (unpaired) electrons. The fraction of sp³-hybridized carbons (Fsp3) is 0.680. The minimum Gasteiger partial charge on any atom is -0.497 e. The topological polar surface area (TPSA) is 87.7 Å². The lowest BCUT2D eigenvalue weighted by Crippen LogP contribution is -2.58. The quantitative estimate of drug-likeness (QED) is 0.646. The molecular formula is C25H38N2O4. The molecule has 31 heavy (non-hydrogen) atoms. The smallest absolute Gasteiger partial charge is 0.223 e. The number of nitrogens with one attached hydrogen (secondary N) is 2. The van der Waals surface area contributed by atoms with Crippen molar-refractivity contribution in [3.05, 3.63) is 29.8 Å². The summed E-state index contributed by atoms with van der Waals surface area (Å²) < 4.78 is 5.17. The summed E-state index contributed by atoms with van der Waals surface area (Å²) in [6, 6.07) is 7.73. The SMILES string of the molecule is COc1ccc(CNC(=O)[C@@H](C)C2CC[C@@]3(C)CC[C@H](NC(C)=O)[C@@H](C)[C@@H]3[C@H]2O)cc1. The number of hydrogen-bond donors (Lipinski definition) is 3. The molecule has 172 valence electrons. The number of aliphatic hydroxyl groups excluding tert-OH is 1. The number of benzene rings is 1. The molecule has 2 fully saturated rings. The second kappa shape index (κ2) is 9.60. The lowest BCUT2D eigenvalue weighted by atomic mass is 9.51. The van der Waals surface area contributed by atoms with Crippen LogP contribution in [0.1, 0.15) is 58.9 Å². The van der Waals surface area contributed by atoms with Gasteiger partial charge in [0, 0.05) is 25.4 Å². The van der Waals surface area contributed by atoms with Gasteiger partial charge in [0.15, 0.2) is 0 Å². The third-order valence-electron chi connectivity index (χ3n) is 7.96. The van der Waals surface area contributed by atoms with Crippen molar-refractivity contribution in [1.29, 1.82) is 0 Å². The van der Waals surface area contributed by atoms with E-state index in [1.54, 1.807) is 14.0 Å². The highest BCUT2D eigenvalue weighted by Gasteiger charge is 2.53. The van der Waals surface area contributed by atoms with Crippen LogP contribution in [0.3, 0.4) is 0 Å². The molecule has 1 aromatic rings. The molecular weight excluding hydrogens is 392 g/mol. The Morgan fingerprint density at radius 1 is 1.23 bits per heavy atom. The van der Waals surface area contributed by atoms with Gasteiger partial charge in [0.1, 0.15) is 5.75 Å². The Bertz CT molecular complexity index is 780. The molecule has 0 bridgehead atoms. The standard InChI is InChI=1S/C25H38N2O4/c1-15(24(30)26-14-18-6-8-19(31-5)9-7-18)20-10-12-25(4)13-11-21(27-17(3)28)16(2)22(25)23(20)29/h6-9,15-16,20-23,29H,10-14H2,1-5H3,(H,26,30)(H,27,28)/t15-,16+,20?,21-,22+,23-,25-/m0/s1. The van der Waals surface area contributed by atoms with Crippen LogP contribution in [0.5, 0.6) is 5.75 Å². The number of fused-ring (bicyclic) bond motifs is 1. The largest absolute Gasteiger partial charge is 0.497 e. The fourth-order valence-corrected chi connectivity index (χ4v) is 6.05. The average Bonchev–Trinajstić information content (AvgIpc) is 2.74. The van der Waals surface area contributed by atoms with Crippen LogP contribution in [0, 0.1) is 29.1 Å². The highest BCUT2D eigenvalue weighted by atomic mass is 16.5. The second-order valence-corrected chi connectivity index (χ2v) is 9.93. The minimum atomic E-state index is -0.549. The predicted molar refractivity (Wildman–Crippen MR) is 120 cm³/mol. The molecule has 2 aliphatic carbocycles. The van der Waals surface area contributed by atoms with E-state index >= 15 is 0 Å². The van der Waals surface area contributed by atoms with E-state index in [2.05, 4.69) is 24.5 Å². The Morgan fingerprint density at radius 2 is 1.87 bits per heavy atom. The van der Waals surface area contributed by atoms with E-state index < -0.39 is 6.10 Å². The molecule has 2 saturated carbocycles. The van der Waals surface area contributed by atoms with Gasteiger partial charge in [-0.1, -0.05) is 32.9 Å². The van der Waals surface area contributed by atoms with Gasteiger partial charge in [-0.25, -0.2) is 0 Å². The summed E-state index contributed by atoms with van der Waals surface area (Å²) in [5.74, 6) is 0.650. The van der Waals surface area contributed by atoms with Gasteiger partial charge in [-0.15, -0.1) is 0 Å². The first-order valence-electron chi connectivity index (χ1n) is 11.5. The first-order valence-corrected chi connectivity index (χ1v) is 11.5. The Hall–Kier alpha value is -2.08. The van der Waals surface area contributed by atoms with E-state index in [1.807, 2.05) is 31.2 Å². The first kappa shape index (κ1) is 23.6. The third-order valence-corrected chi connectivity index (χ3v) is 7.96. The predicted octanol–water partition coefficient (Wildman–Crippen LogP) is 3.28. The van der Waals surface area contributed by atoms with Crippen molar-refractivity contribution in [2.24, 2.45) is 29.1 Å². The van der Waals surface area contributed by atoms with Crippen molar-refractivity contribution in [1.82, 2.24) is 10.6 Å². The molecule has 1 unspecified atom stereocenters. The maximum atomic E-state index is 12.9. The Labute approximate surface area is 186 Å². The van der Waals surface area contributed by atoms with Crippen LogP contribution in [0.2, 0.25) is 0 Å². The number of methoxy groups -OCH3 is 1. The van der Waals surface area contributed by atoms with Gasteiger partial charge in [-0.2, -0.15) is 0 Å². The van der Waals surface area contributed by atoms with Crippen LogP contribution in [-0.2, 0) is 16.1 Å². The maximum Gasteiger partial charge on any atom is 0.223 e. The molecule has 3 N–H and O–H groups in total. The van der Waals surface area contributed by atoms with Crippen LogP contribution in [-0.4, -0.2) is 36.2 Å². The van der Waals surface area contributed by atoms with E-state index in [-0.39, 0.29) is 46.9 Å². The highest BCUT2D eigenvalue weighted by molar-refractivity contribution is 5.78. The molecule has 3 rings (SSSR count). The maximum absolute atomic E-state index is 12.9. The summed E-state index contributed by atoms with van der Waals surface area (Å²) in [6.07, 6.45) is 3.25. The number of amides is 2. The van der Waals surface area contributed by atoms with Crippen molar-refractivity contribution >= 4 is 11.8 Å². The van der Waals surface area contributed by atoms with Gasteiger partial charge in [0.2, 0.25) is 11.8 Å². The Morgan fingerprint density at radius 3 is 2.48 bits per heavy atom. The van der Waals surface area contributed by atoms with Crippen LogP contribution < -0.4 is 15.4 Å². The van der Waals surface area contributed by atoms with Crippen molar-refractivity contribution in [2.45, 2.75) is 72.1 Å². The zero-order valence-electron chi connectivity index (χ0n) is 19.5. The number of carbonyl (C=O) groups excluding carboxylic acids is 2. The lowest BCUT2D eigenvalue weighted by molar-refractivity contribution is -0.143. The van der Waals surface area contributed by atoms with Gasteiger partial charge >= 0.3 is 0 Å². The van der Waals surface area contributed by atoms with Crippen LogP contribution >= 0.6 is 0 Å². The van der Waals surface area contributed by atoms with E-state index in [4.69, 9.17) is 4.74 Å². The summed E-state index contributed by atoms with van der Waals surface area (Å²) in [5, 5.41) is 17.5. The minimum absolute atomic E-state index is 0.0198. The first-order chi connectivity index (χ1) is 14.7. The molecule has 2 aliphatic rings. The van der Waals surface area contributed by atoms with Gasteiger partial charge < -0.3 is 20.5 Å². The van der Waals surface area contributed by atoms with E-state index in [0.29, 0.717) is 6.54 Å². The van der Waals surface area contributed by atoms with E-state index in [1.165, 1.54) is 0 Å². The summed E-state index contributed by atoms with van der Waals surface area (Å²) >= 11 is 0. The number of carbonyl (C=O) groups is 2.